The van der Waals surface area contributed by atoms with Crippen LogP contribution in [0.3, 0.4) is 0 Å². The zero-order valence-corrected chi connectivity index (χ0v) is 12.8. The topological polar surface area (TPSA) is 110 Å². The fourth-order valence-corrected chi connectivity index (χ4v) is 2.25. The minimum Gasteiger partial charge on any atom is -0.478 e. The Bertz CT molecular complexity index is 806. The summed E-state index contributed by atoms with van der Waals surface area (Å²) >= 11 is 11.7. The number of aromatic carboxylic acids is 1. The predicted octanol–water partition coefficient (Wildman–Crippen LogP) is 3.85. The molecule has 0 aliphatic rings. The van der Waals surface area contributed by atoms with Gasteiger partial charge in [0.05, 0.1) is 26.2 Å². The first-order chi connectivity index (χ1) is 10.8. The van der Waals surface area contributed by atoms with Gasteiger partial charge in [0.15, 0.2) is 0 Å². The van der Waals surface area contributed by atoms with Crippen LogP contribution in [0, 0.1) is 10.1 Å². The number of nitro groups is 1. The molecule has 2 N–H and O–H groups in total. The molecule has 118 valence electrons. The Labute approximate surface area is 139 Å². The van der Waals surface area contributed by atoms with Gasteiger partial charge in [0.25, 0.3) is 11.6 Å². The van der Waals surface area contributed by atoms with E-state index in [0.717, 1.165) is 6.07 Å². The lowest BCUT2D eigenvalue weighted by Crippen LogP contribution is -2.13. The van der Waals surface area contributed by atoms with E-state index in [9.17, 15) is 19.7 Å². The van der Waals surface area contributed by atoms with Gasteiger partial charge in [-0.2, -0.15) is 0 Å². The number of non-ortho nitro benzene ring substituents is 1. The number of carbonyl (C=O) groups is 2. The van der Waals surface area contributed by atoms with Crippen LogP contribution in [0.1, 0.15) is 20.7 Å². The maximum absolute atomic E-state index is 12.1. The number of amides is 1. The number of benzene rings is 2. The molecule has 0 saturated heterocycles. The summed E-state index contributed by atoms with van der Waals surface area (Å²) in [6, 6.07) is 7.25. The van der Waals surface area contributed by atoms with E-state index in [1.54, 1.807) is 0 Å². The molecular formula is C14H8Cl2N2O5. The highest BCUT2D eigenvalue weighted by molar-refractivity contribution is 6.38. The average Bonchev–Trinajstić information content (AvgIpc) is 2.49. The standard InChI is InChI=1S/C14H8Cl2N2O5/c15-10-6-11(16)12(5-9(10)14(20)21)17-13(19)7-1-3-8(4-2-7)18(22)23/h1-6H,(H,17,19)(H,20,21). The van der Waals surface area contributed by atoms with Crippen molar-refractivity contribution >= 4 is 46.5 Å². The lowest BCUT2D eigenvalue weighted by Gasteiger charge is -2.09. The van der Waals surface area contributed by atoms with Crippen LogP contribution in [-0.4, -0.2) is 21.9 Å². The second kappa shape index (κ2) is 6.64. The fraction of sp³-hybridized carbons (Fsp3) is 0. The van der Waals surface area contributed by atoms with Crippen LogP contribution in [0.25, 0.3) is 0 Å². The number of nitrogens with zero attached hydrogens (tertiary/aromatic N) is 1. The third-order valence-electron chi connectivity index (χ3n) is 2.88. The van der Waals surface area contributed by atoms with Gasteiger partial charge in [-0.3, -0.25) is 14.9 Å². The summed E-state index contributed by atoms with van der Waals surface area (Å²) in [5.74, 6) is -1.86. The molecule has 0 radical (unpaired) electrons. The summed E-state index contributed by atoms with van der Waals surface area (Å²) < 4.78 is 0. The summed E-state index contributed by atoms with van der Waals surface area (Å²) in [5, 5.41) is 22.0. The van der Waals surface area contributed by atoms with Gasteiger partial charge in [-0.25, -0.2) is 4.79 Å². The van der Waals surface area contributed by atoms with Crippen molar-refractivity contribution in [2.45, 2.75) is 0 Å². The van der Waals surface area contributed by atoms with E-state index in [-0.39, 0.29) is 32.5 Å². The molecule has 0 fully saturated rings. The molecule has 2 rings (SSSR count). The number of carboxylic acid groups (broad SMARTS) is 1. The Morgan fingerprint density at radius 1 is 1.09 bits per heavy atom. The number of halogens is 2. The molecule has 2 aromatic rings. The SMILES string of the molecule is O=C(Nc1cc(C(=O)O)c(Cl)cc1Cl)c1ccc([N+](=O)[O-])cc1. The van der Waals surface area contributed by atoms with Crippen molar-refractivity contribution in [3.8, 4) is 0 Å². The van der Waals surface area contributed by atoms with E-state index in [4.69, 9.17) is 28.3 Å². The van der Waals surface area contributed by atoms with Gasteiger partial charge in [-0.15, -0.1) is 0 Å². The molecule has 0 saturated carbocycles. The highest BCUT2D eigenvalue weighted by atomic mass is 35.5. The van der Waals surface area contributed by atoms with E-state index >= 15 is 0 Å². The van der Waals surface area contributed by atoms with Crippen molar-refractivity contribution in [2.75, 3.05) is 5.32 Å². The maximum Gasteiger partial charge on any atom is 0.337 e. The third kappa shape index (κ3) is 3.77. The van der Waals surface area contributed by atoms with Crippen molar-refractivity contribution < 1.29 is 19.6 Å². The van der Waals surface area contributed by atoms with Crippen molar-refractivity contribution in [1.82, 2.24) is 0 Å². The Morgan fingerprint density at radius 2 is 1.70 bits per heavy atom. The van der Waals surface area contributed by atoms with Gasteiger partial charge in [0.2, 0.25) is 0 Å². The number of nitro benzene ring substituents is 1. The summed E-state index contributed by atoms with van der Waals surface area (Å²) in [4.78, 5) is 33.1. The van der Waals surface area contributed by atoms with Crippen molar-refractivity contribution in [3.05, 3.63) is 67.7 Å². The Hall–Kier alpha value is -2.64. The number of carboxylic acids is 1. The molecule has 0 heterocycles. The van der Waals surface area contributed by atoms with Crippen molar-refractivity contribution in [1.29, 1.82) is 0 Å². The second-order valence-corrected chi connectivity index (χ2v) is 5.19. The van der Waals surface area contributed by atoms with Gasteiger partial charge >= 0.3 is 5.97 Å². The molecule has 0 atom stereocenters. The zero-order chi connectivity index (χ0) is 17.1. The minimum atomic E-state index is -1.27. The highest BCUT2D eigenvalue weighted by Crippen LogP contribution is 2.29. The largest absolute Gasteiger partial charge is 0.478 e. The van der Waals surface area contributed by atoms with Crippen LogP contribution in [0.4, 0.5) is 11.4 Å². The first kappa shape index (κ1) is 16.7. The molecule has 9 heteroatoms. The van der Waals surface area contributed by atoms with Crippen LogP contribution in [-0.2, 0) is 0 Å². The molecule has 0 aromatic heterocycles. The number of anilines is 1. The van der Waals surface area contributed by atoms with Gasteiger partial charge in [-0.1, -0.05) is 23.2 Å². The second-order valence-electron chi connectivity index (χ2n) is 4.38. The average molecular weight is 355 g/mol. The Balaban J connectivity index is 2.28. The Kier molecular flexibility index (Phi) is 4.83. The fourth-order valence-electron chi connectivity index (χ4n) is 1.74. The summed E-state index contributed by atoms with van der Waals surface area (Å²) in [6.07, 6.45) is 0. The molecule has 7 nitrogen and oxygen atoms in total. The van der Waals surface area contributed by atoms with Crippen LogP contribution in [0.2, 0.25) is 10.0 Å². The lowest BCUT2D eigenvalue weighted by molar-refractivity contribution is -0.384. The quantitative estimate of drug-likeness (QED) is 0.639. The summed E-state index contributed by atoms with van der Waals surface area (Å²) in [7, 11) is 0. The molecule has 2 aromatic carbocycles. The third-order valence-corrected chi connectivity index (χ3v) is 3.50. The molecule has 0 aliphatic carbocycles. The summed E-state index contributed by atoms with van der Waals surface area (Å²) in [6.45, 7) is 0. The monoisotopic (exact) mass is 354 g/mol. The smallest absolute Gasteiger partial charge is 0.337 e. The van der Waals surface area contributed by atoms with Crippen molar-refractivity contribution in [2.24, 2.45) is 0 Å². The van der Waals surface area contributed by atoms with E-state index in [1.807, 2.05) is 0 Å². The Morgan fingerprint density at radius 3 is 2.22 bits per heavy atom. The number of carbonyl (C=O) groups excluding carboxylic acids is 1. The zero-order valence-electron chi connectivity index (χ0n) is 11.2. The molecular weight excluding hydrogens is 347 g/mol. The normalized spacial score (nSPS) is 10.2. The highest BCUT2D eigenvalue weighted by Gasteiger charge is 2.16. The minimum absolute atomic E-state index is 0.0594. The van der Waals surface area contributed by atoms with E-state index in [2.05, 4.69) is 5.32 Å². The molecule has 0 spiro atoms. The number of rotatable bonds is 4. The van der Waals surface area contributed by atoms with Crippen LogP contribution < -0.4 is 5.32 Å². The molecule has 0 bridgehead atoms. The van der Waals surface area contributed by atoms with E-state index in [1.165, 1.54) is 30.3 Å². The lowest BCUT2D eigenvalue weighted by atomic mass is 10.1. The van der Waals surface area contributed by atoms with E-state index in [0.29, 0.717) is 0 Å². The van der Waals surface area contributed by atoms with E-state index < -0.39 is 16.8 Å². The van der Waals surface area contributed by atoms with Crippen LogP contribution in [0.15, 0.2) is 36.4 Å². The van der Waals surface area contributed by atoms with Gasteiger partial charge in [0.1, 0.15) is 0 Å². The number of nitrogens with one attached hydrogen (secondary N) is 1. The van der Waals surface area contributed by atoms with Gasteiger partial charge in [0, 0.05) is 17.7 Å². The molecule has 0 unspecified atom stereocenters. The molecule has 0 aliphatic heterocycles. The van der Waals surface area contributed by atoms with Crippen LogP contribution >= 0.6 is 23.2 Å². The number of hydrogen-bond donors (Lipinski definition) is 2. The van der Waals surface area contributed by atoms with Crippen LogP contribution in [0.5, 0.6) is 0 Å². The number of hydrogen-bond acceptors (Lipinski definition) is 4. The van der Waals surface area contributed by atoms with Gasteiger partial charge in [-0.05, 0) is 24.3 Å². The molecule has 23 heavy (non-hydrogen) atoms. The maximum atomic E-state index is 12.1. The predicted molar refractivity (Wildman–Crippen MR) is 84.5 cm³/mol. The molecule has 1 amide bonds. The first-order valence-corrected chi connectivity index (χ1v) is 6.83. The van der Waals surface area contributed by atoms with Crippen molar-refractivity contribution in [3.63, 3.8) is 0 Å². The van der Waals surface area contributed by atoms with Gasteiger partial charge < -0.3 is 10.4 Å². The first-order valence-electron chi connectivity index (χ1n) is 6.07. The summed E-state index contributed by atoms with van der Waals surface area (Å²) in [5.41, 5.74) is -0.149.